The summed E-state index contributed by atoms with van der Waals surface area (Å²) in [4.78, 5) is 12.3. The molecular formula is C23H23ClN2O3S. The maximum Gasteiger partial charge on any atom is 0.240 e. The van der Waals surface area contributed by atoms with Crippen LogP contribution in [0, 0.1) is 0 Å². The predicted octanol–water partition coefficient (Wildman–Crippen LogP) is 4.43. The molecule has 7 heteroatoms. The molecule has 0 aromatic heterocycles. The van der Waals surface area contributed by atoms with Gasteiger partial charge in [-0.15, -0.1) is 0 Å². The second-order valence-electron chi connectivity index (χ2n) is 6.80. The van der Waals surface area contributed by atoms with E-state index in [-0.39, 0.29) is 17.2 Å². The lowest BCUT2D eigenvalue weighted by molar-refractivity contribution is -0.116. The van der Waals surface area contributed by atoms with Crippen LogP contribution in [0.2, 0.25) is 5.02 Å². The Kier molecular flexibility index (Phi) is 7.63. The molecule has 156 valence electrons. The zero-order chi connectivity index (χ0) is 21.4. The summed E-state index contributed by atoms with van der Waals surface area (Å²) in [6, 6.07) is 23.2. The molecule has 0 heterocycles. The van der Waals surface area contributed by atoms with Gasteiger partial charge in [0.05, 0.1) is 4.90 Å². The van der Waals surface area contributed by atoms with Crippen molar-refractivity contribution in [3.63, 3.8) is 0 Å². The molecule has 0 aliphatic carbocycles. The van der Waals surface area contributed by atoms with Gasteiger partial charge in [0.15, 0.2) is 0 Å². The molecule has 1 amide bonds. The highest BCUT2D eigenvalue weighted by atomic mass is 35.5. The molecule has 3 aromatic rings. The predicted molar refractivity (Wildman–Crippen MR) is 120 cm³/mol. The maximum absolute atomic E-state index is 12.4. The Hall–Kier alpha value is -2.67. The number of carbonyl (C=O) groups is 1. The van der Waals surface area contributed by atoms with Gasteiger partial charge in [-0.25, -0.2) is 13.1 Å². The van der Waals surface area contributed by atoms with Gasteiger partial charge < -0.3 is 5.32 Å². The number of halogens is 1. The number of sulfonamides is 1. The largest absolute Gasteiger partial charge is 0.326 e. The van der Waals surface area contributed by atoms with Gasteiger partial charge in [-0.2, -0.15) is 0 Å². The van der Waals surface area contributed by atoms with E-state index < -0.39 is 10.0 Å². The summed E-state index contributed by atoms with van der Waals surface area (Å²) in [5.41, 5.74) is 2.52. The summed E-state index contributed by atoms with van der Waals surface area (Å²) in [6.07, 6.45) is 1.42. The molecule has 0 radical (unpaired) electrons. The van der Waals surface area contributed by atoms with E-state index in [0.717, 1.165) is 11.1 Å². The molecule has 0 saturated heterocycles. The number of nitrogens with one attached hydrogen (secondary N) is 2. The normalized spacial score (nSPS) is 11.2. The number of benzene rings is 3. The second-order valence-corrected chi connectivity index (χ2v) is 8.97. The van der Waals surface area contributed by atoms with Gasteiger partial charge in [0.2, 0.25) is 15.9 Å². The van der Waals surface area contributed by atoms with Crippen molar-refractivity contribution in [1.29, 1.82) is 0 Å². The fourth-order valence-electron chi connectivity index (χ4n) is 2.95. The van der Waals surface area contributed by atoms with E-state index in [1.165, 1.54) is 12.1 Å². The fourth-order valence-corrected chi connectivity index (χ4v) is 4.21. The van der Waals surface area contributed by atoms with Gasteiger partial charge in [0, 0.05) is 23.7 Å². The Labute approximate surface area is 182 Å². The molecule has 2 N–H and O–H groups in total. The lowest BCUT2D eigenvalue weighted by Crippen LogP contribution is -2.26. The van der Waals surface area contributed by atoms with Crippen LogP contribution in [0.15, 0.2) is 83.8 Å². The van der Waals surface area contributed by atoms with Crippen molar-refractivity contribution in [3.05, 3.63) is 95.0 Å². The number of hydrogen-bond donors (Lipinski definition) is 2. The van der Waals surface area contributed by atoms with E-state index in [1.807, 2.05) is 48.5 Å². The Bertz CT molecular complexity index is 1080. The van der Waals surface area contributed by atoms with E-state index in [2.05, 4.69) is 10.0 Å². The molecule has 0 spiro atoms. The van der Waals surface area contributed by atoms with E-state index >= 15 is 0 Å². The lowest BCUT2D eigenvalue weighted by atomic mass is 10.1. The van der Waals surface area contributed by atoms with Crippen LogP contribution in [0.1, 0.15) is 17.5 Å². The van der Waals surface area contributed by atoms with Crippen LogP contribution in [0.3, 0.4) is 0 Å². The molecule has 3 aromatic carbocycles. The van der Waals surface area contributed by atoms with E-state index in [0.29, 0.717) is 30.1 Å². The molecular weight excluding hydrogens is 420 g/mol. The second kappa shape index (κ2) is 10.4. The minimum atomic E-state index is -3.60. The summed E-state index contributed by atoms with van der Waals surface area (Å²) in [5, 5.41) is 3.42. The summed E-state index contributed by atoms with van der Waals surface area (Å²) >= 11 is 6.10. The lowest BCUT2D eigenvalue weighted by Gasteiger charge is -2.09. The van der Waals surface area contributed by atoms with Gasteiger partial charge in [-0.05, 0) is 54.3 Å². The van der Waals surface area contributed by atoms with Crippen molar-refractivity contribution in [2.75, 3.05) is 11.9 Å². The van der Waals surface area contributed by atoms with Gasteiger partial charge in [0.1, 0.15) is 0 Å². The van der Waals surface area contributed by atoms with Crippen molar-refractivity contribution in [2.24, 2.45) is 0 Å². The smallest absolute Gasteiger partial charge is 0.240 e. The SMILES string of the molecule is O=C(CCc1ccccc1Cl)Nc1ccc(S(=O)(=O)NCCc2ccccc2)cc1. The Morgan fingerprint density at radius 3 is 2.20 bits per heavy atom. The number of carbonyl (C=O) groups excluding carboxylic acids is 1. The molecule has 0 bridgehead atoms. The van der Waals surface area contributed by atoms with Crippen LogP contribution in [-0.2, 0) is 27.7 Å². The van der Waals surface area contributed by atoms with E-state index in [4.69, 9.17) is 11.6 Å². The van der Waals surface area contributed by atoms with Crippen LogP contribution >= 0.6 is 11.6 Å². The van der Waals surface area contributed by atoms with Crippen LogP contribution in [0.25, 0.3) is 0 Å². The highest BCUT2D eigenvalue weighted by molar-refractivity contribution is 7.89. The summed E-state index contributed by atoms with van der Waals surface area (Å²) in [6.45, 7) is 0.312. The van der Waals surface area contributed by atoms with Crippen LogP contribution in [0.4, 0.5) is 5.69 Å². The number of hydrogen-bond acceptors (Lipinski definition) is 3. The van der Waals surface area contributed by atoms with Crippen molar-refractivity contribution in [3.8, 4) is 0 Å². The first-order valence-corrected chi connectivity index (χ1v) is 11.5. The molecule has 30 heavy (non-hydrogen) atoms. The standard InChI is InChI=1S/C23H23ClN2O3S/c24-22-9-5-4-8-19(22)10-15-23(27)26-20-11-13-21(14-12-20)30(28,29)25-17-16-18-6-2-1-3-7-18/h1-9,11-14,25H,10,15-17H2,(H,26,27). The van der Waals surface area contributed by atoms with E-state index in [9.17, 15) is 13.2 Å². The molecule has 0 aliphatic heterocycles. The minimum absolute atomic E-state index is 0.157. The highest BCUT2D eigenvalue weighted by Gasteiger charge is 2.13. The quantitative estimate of drug-likeness (QED) is 0.514. The van der Waals surface area contributed by atoms with Gasteiger partial charge in [-0.1, -0.05) is 60.1 Å². The summed E-state index contributed by atoms with van der Waals surface area (Å²) < 4.78 is 27.5. The molecule has 0 atom stereocenters. The number of amides is 1. The Morgan fingerprint density at radius 2 is 1.50 bits per heavy atom. The first kappa shape index (κ1) is 22.0. The van der Waals surface area contributed by atoms with Crippen LogP contribution < -0.4 is 10.0 Å². The molecule has 5 nitrogen and oxygen atoms in total. The Balaban J connectivity index is 1.50. The minimum Gasteiger partial charge on any atom is -0.326 e. The molecule has 0 saturated carbocycles. The molecule has 0 fully saturated rings. The third-order valence-corrected chi connectivity index (χ3v) is 6.42. The average Bonchev–Trinajstić information content (AvgIpc) is 2.74. The van der Waals surface area contributed by atoms with Gasteiger partial charge in [-0.3, -0.25) is 4.79 Å². The summed E-state index contributed by atoms with van der Waals surface area (Å²) in [5.74, 6) is -0.161. The van der Waals surface area contributed by atoms with Crippen molar-refractivity contribution in [1.82, 2.24) is 4.72 Å². The molecule has 3 rings (SSSR count). The molecule has 0 unspecified atom stereocenters. The third-order valence-electron chi connectivity index (χ3n) is 4.58. The topological polar surface area (TPSA) is 75.3 Å². The number of anilines is 1. The summed E-state index contributed by atoms with van der Waals surface area (Å²) in [7, 11) is -3.60. The fraction of sp³-hybridized carbons (Fsp3) is 0.174. The average molecular weight is 443 g/mol. The third kappa shape index (κ3) is 6.42. The highest BCUT2D eigenvalue weighted by Crippen LogP contribution is 2.18. The zero-order valence-corrected chi connectivity index (χ0v) is 17.9. The van der Waals surface area contributed by atoms with Gasteiger partial charge >= 0.3 is 0 Å². The first-order valence-electron chi connectivity index (χ1n) is 9.61. The maximum atomic E-state index is 12.4. The zero-order valence-electron chi connectivity index (χ0n) is 16.3. The number of aryl methyl sites for hydroxylation is 1. The van der Waals surface area contributed by atoms with Crippen molar-refractivity contribution < 1.29 is 13.2 Å². The van der Waals surface area contributed by atoms with Crippen LogP contribution in [0.5, 0.6) is 0 Å². The monoisotopic (exact) mass is 442 g/mol. The van der Waals surface area contributed by atoms with Gasteiger partial charge in [0.25, 0.3) is 0 Å². The molecule has 0 aliphatic rings. The number of rotatable bonds is 9. The first-order chi connectivity index (χ1) is 14.4. The van der Waals surface area contributed by atoms with Crippen molar-refractivity contribution in [2.45, 2.75) is 24.2 Å². The van der Waals surface area contributed by atoms with Crippen molar-refractivity contribution >= 4 is 33.2 Å². The van der Waals surface area contributed by atoms with Crippen LogP contribution in [-0.4, -0.2) is 20.9 Å². The Morgan fingerprint density at radius 1 is 0.833 bits per heavy atom. The van der Waals surface area contributed by atoms with E-state index in [1.54, 1.807) is 18.2 Å².